The number of carbonyl (C=O) groups excluding carboxylic acids is 2. The number of hydrogen-bond donors (Lipinski definition) is 1. The molecular weight excluding hydrogens is 459 g/mol. The van der Waals surface area contributed by atoms with Gasteiger partial charge < -0.3 is 10.2 Å². The Morgan fingerprint density at radius 1 is 0.943 bits per heavy atom. The molecule has 0 saturated carbocycles. The van der Waals surface area contributed by atoms with Gasteiger partial charge in [-0.05, 0) is 55.7 Å². The molecule has 1 N–H and O–H groups in total. The zero-order valence-electron chi connectivity index (χ0n) is 20.5. The molecule has 3 aromatic carbocycles. The van der Waals surface area contributed by atoms with Gasteiger partial charge in [-0.3, -0.25) is 9.59 Å². The second kappa shape index (κ2) is 13.1. The summed E-state index contributed by atoms with van der Waals surface area (Å²) >= 11 is 1.45. The molecule has 0 bridgehead atoms. The van der Waals surface area contributed by atoms with E-state index in [1.807, 2.05) is 75.4 Å². The number of aryl methyl sites for hydroxylation is 1. The van der Waals surface area contributed by atoms with E-state index in [0.717, 1.165) is 28.0 Å². The van der Waals surface area contributed by atoms with E-state index in [2.05, 4.69) is 5.32 Å². The average Bonchev–Trinajstić information content (AvgIpc) is 2.87. The number of amides is 2. The minimum Gasteiger partial charge on any atom is -0.352 e. The maximum Gasteiger partial charge on any atom is 0.243 e. The van der Waals surface area contributed by atoms with Crippen molar-refractivity contribution in [1.29, 1.82) is 0 Å². The maximum absolute atomic E-state index is 13.6. The lowest BCUT2D eigenvalue weighted by Crippen LogP contribution is -2.52. The Kier molecular flexibility index (Phi) is 9.91. The molecule has 35 heavy (non-hydrogen) atoms. The largest absolute Gasteiger partial charge is 0.352 e. The van der Waals surface area contributed by atoms with Crippen LogP contribution in [0.25, 0.3) is 0 Å². The predicted octanol–water partition coefficient (Wildman–Crippen LogP) is 5.78. The van der Waals surface area contributed by atoms with Gasteiger partial charge in [0.05, 0.1) is 5.75 Å². The van der Waals surface area contributed by atoms with Crippen LogP contribution in [0.2, 0.25) is 0 Å². The molecule has 3 rings (SSSR count). The van der Waals surface area contributed by atoms with Crippen molar-refractivity contribution in [3.8, 4) is 0 Å². The van der Waals surface area contributed by atoms with Gasteiger partial charge in [0, 0.05) is 23.9 Å². The smallest absolute Gasteiger partial charge is 0.243 e. The fraction of sp³-hybridized carbons (Fsp3) is 0.310. The third-order valence-electron chi connectivity index (χ3n) is 5.92. The van der Waals surface area contributed by atoms with Gasteiger partial charge >= 0.3 is 0 Å². The molecule has 0 spiro atoms. The SMILES string of the molecule is CC[C@H](C)NC(=O)[C@H](Cc1ccccc1)N(Cc1ccc(F)cc1)C(=O)CSc1ccc(C)cc1. The molecule has 0 heterocycles. The molecule has 0 fully saturated rings. The van der Waals surface area contributed by atoms with Gasteiger partial charge in [-0.2, -0.15) is 0 Å². The van der Waals surface area contributed by atoms with E-state index in [1.54, 1.807) is 17.0 Å². The average molecular weight is 493 g/mol. The van der Waals surface area contributed by atoms with Crippen LogP contribution in [0.3, 0.4) is 0 Å². The van der Waals surface area contributed by atoms with E-state index in [1.165, 1.54) is 23.9 Å². The monoisotopic (exact) mass is 492 g/mol. The lowest BCUT2D eigenvalue weighted by atomic mass is 10.0. The highest BCUT2D eigenvalue weighted by atomic mass is 32.2. The number of carbonyl (C=O) groups is 2. The number of benzene rings is 3. The molecule has 184 valence electrons. The summed E-state index contributed by atoms with van der Waals surface area (Å²) in [5.41, 5.74) is 2.90. The van der Waals surface area contributed by atoms with E-state index in [-0.39, 0.29) is 36.0 Å². The number of nitrogens with zero attached hydrogens (tertiary/aromatic N) is 1. The van der Waals surface area contributed by atoms with Crippen LogP contribution >= 0.6 is 11.8 Å². The Bertz CT molecular complexity index is 1090. The van der Waals surface area contributed by atoms with Crippen LogP contribution in [-0.2, 0) is 22.6 Å². The standard InChI is InChI=1S/C29H33FN2O2S/c1-4-22(3)31-29(34)27(18-23-8-6-5-7-9-23)32(19-24-12-14-25(30)15-13-24)28(33)20-35-26-16-10-21(2)11-17-26/h5-17,22,27H,4,18-20H2,1-3H3,(H,31,34)/t22-,27-/m0/s1. The topological polar surface area (TPSA) is 49.4 Å². The Morgan fingerprint density at radius 2 is 1.60 bits per heavy atom. The molecule has 3 aromatic rings. The molecule has 2 amide bonds. The molecule has 2 atom stereocenters. The van der Waals surface area contributed by atoms with E-state index >= 15 is 0 Å². The number of halogens is 1. The van der Waals surface area contributed by atoms with Gasteiger partial charge in [0.25, 0.3) is 0 Å². The first kappa shape index (κ1) is 26.5. The fourth-order valence-electron chi connectivity index (χ4n) is 3.64. The minimum atomic E-state index is -0.692. The number of thioether (sulfide) groups is 1. The van der Waals surface area contributed by atoms with E-state index < -0.39 is 6.04 Å². The zero-order chi connectivity index (χ0) is 25.2. The van der Waals surface area contributed by atoms with Crippen LogP contribution in [-0.4, -0.2) is 34.6 Å². The summed E-state index contributed by atoms with van der Waals surface area (Å²) in [6, 6.07) is 23.1. The Morgan fingerprint density at radius 3 is 2.23 bits per heavy atom. The Labute approximate surface area is 211 Å². The first-order valence-electron chi connectivity index (χ1n) is 11.9. The Balaban J connectivity index is 1.89. The summed E-state index contributed by atoms with van der Waals surface area (Å²) in [5, 5.41) is 3.06. The first-order chi connectivity index (χ1) is 16.9. The summed E-state index contributed by atoms with van der Waals surface area (Å²) in [6.07, 6.45) is 1.18. The van der Waals surface area contributed by atoms with Gasteiger partial charge in [0.1, 0.15) is 11.9 Å². The third kappa shape index (κ3) is 8.25. The van der Waals surface area contributed by atoms with Crippen molar-refractivity contribution in [2.24, 2.45) is 0 Å². The van der Waals surface area contributed by atoms with Gasteiger partial charge in [-0.25, -0.2) is 4.39 Å². The molecule has 0 aromatic heterocycles. The molecule has 4 nitrogen and oxygen atoms in total. The van der Waals surface area contributed by atoms with E-state index in [0.29, 0.717) is 6.42 Å². The van der Waals surface area contributed by atoms with Crippen LogP contribution in [0.5, 0.6) is 0 Å². The van der Waals surface area contributed by atoms with Crippen LogP contribution < -0.4 is 5.32 Å². The van der Waals surface area contributed by atoms with Crippen LogP contribution in [0, 0.1) is 12.7 Å². The summed E-state index contributed by atoms with van der Waals surface area (Å²) in [7, 11) is 0. The van der Waals surface area contributed by atoms with Crippen molar-refractivity contribution in [3.05, 3.63) is 101 Å². The van der Waals surface area contributed by atoms with Crippen molar-refractivity contribution in [2.45, 2.75) is 57.1 Å². The van der Waals surface area contributed by atoms with E-state index in [9.17, 15) is 14.0 Å². The van der Waals surface area contributed by atoms with Crippen molar-refractivity contribution < 1.29 is 14.0 Å². The second-order valence-corrected chi connectivity index (χ2v) is 9.82. The molecule has 0 aliphatic heterocycles. The highest BCUT2D eigenvalue weighted by Gasteiger charge is 2.31. The predicted molar refractivity (Wildman–Crippen MR) is 141 cm³/mol. The van der Waals surface area contributed by atoms with Crippen LogP contribution in [0.4, 0.5) is 4.39 Å². The quantitative estimate of drug-likeness (QED) is 0.345. The van der Waals surface area contributed by atoms with Gasteiger partial charge in [-0.1, -0.05) is 67.1 Å². The molecular formula is C29H33FN2O2S. The van der Waals surface area contributed by atoms with Crippen LogP contribution in [0.1, 0.15) is 37.0 Å². The fourth-order valence-corrected chi connectivity index (χ4v) is 4.43. The summed E-state index contributed by atoms with van der Waals surface area (Å²) < 4.78 is 13.5. The zero-order valence-corrected chi connectivity index (χ0v) is 21.4. The molecule has 0 saturated heterocycles. The third-order valence-corrected chi connectivity index (χ3v) is 6.92. The van der Waals surface area contributed by atoms with Gasteiger partial charge in [0.2, 0.25) is 11.8 Å². The number of rotatable bonds is 11. The van der Waals surface area contributed by atoms with Crippen LogP contribution in [0.15, 0.2) is 83.8 Å². The minimum absolute atomic E-state index is 0.00881. The van der Waals surface area contributed by atoms with Gasteiger partial charge in [0.15, 0.2) is 0 Å². The molecule has 6 heteroatoms. The first-order valence-corrected chi connectivity index (χ1v) is 12.9. The summed E-state index contributed by atoms with van der Waals surface area (Å²) in [5.74, 6) is -0.456. The maximum atomic E-state index is 13.6. The van der Waals surface area contributed by atoms with E-state index in [4.69, 9.17) is 0 Å². The Hall–Kier alpha value is -3.12. The van der Waals surface area contributed by atoms with Crippen molar-refractivity contribution >= 4 is 23.6 Å². The van der Waals surface area contributed by atoms with Crippen molar-refractivity contribution in [3.63, 3.8) is 0 Å². The summed E-state index contributed by atoms with van der Waals surface area (Å²) in [4.78, 5) is 29.7. The highest BCUT2D eigenvalue weighted by molar-refractivity contribution is 8.00. The highest BCUT2D eigenvalue weighted by Crippen LogP contribution is 2.22. The second-order valence-electron chi connectivity index (χ2n) is 8.77. The molecule has 0 unspecified atom stereocenters. The lowest BCUT2D eigenvalue weighted by molar-refractivity contribution is -0.139. The molecule has 0 aliphatic rings. The lowest BCUT2D eigenvalue weighted by Gasteiger charge is -2.32. The van der Waals surface area contributed by atoms with Gasteiger partial charge in [-0.15, -0.1) is 11.8 Å². The number of nitrogens with one attached hydrogen (secondary N) is 1. The van der Waals surface area contributed by atoms with Crippen molar-refractivity contribution in [2.75, 3.05) is 5.75 Å². The molecule has 0 radical (unpaired) electrons. The molecule has 0 aliphatic carbocycles. The number of hydrogen-bond acceptors (Lipinski definition) is 3. The van der Waals surface area contributed by atoms with Crippen molar-refractivity contribution in [1.82, 2.24) is 10.2 Å². The normalized spacial score (nSPS) is 12.6. The summed E-state index contributed by atoms with van der Waals surface area (Å²) in [6.45, 7) is 6.21.